The minimum atomic E-state index is 0.0844. The van der Waals surface area contributed by atoms with Gasteiger partial charge in [-0.3, -0.25) is 11.3 Å². The SMILES string of the molecule is CC(C)c1ccc(CC(NN)c2cscn2)cc1. The molecular weight excluding hydrogens is 242 g/mol. The standard InChI is InChI=1S/C14H19N3S/c1-10(2)12-5-3-11(4-6-12)7-13(17-15)14-8-18-9-16-14/h3-6,8-10,13,17H,7,15H2,1-2H3. The van der Waals surface area contributed by atoms with Crippen molar-refractivity contribution in [2.24, 2.45) is 5.84 Å². The van der Waals surface area contributed by atoms with Gasteiger partial charge in [0, 0.05) is 5.38 Å². The summed E-state index contributed by atoms with van der Waals surface area (Å²) in [6.07, 6.45) is 0.860. The van der Waals surface area contributed by atoms with Crippen LogP contribution in [0.25, 0.3) is 0 Å². The minimum absolute atomic E-state index is 0.0844. The Morgan fingerprint density at radius 2 is 2.00 bits per heavy atom. The molecule has 4 heteroatoms. The summed E-state index contributed by atoms with van der Waals surface area (Å²) in [6.45, 7) is 4.41. The van der Waals surface area contributed by atoms with Gasteiger partial charge in [0.2, 0.25) is 0 Å². The first-order valence-corrected chi connectivity index (χ1v) is 7.08. The summed E-state index contributed by atoms with van der Waals surface area (Å²) in [7, 11) is 0. The van der Waals surface area contributed by atoms with Crippen LogP contribution in [0.4, 0.5) is 0 Å². The van der Waals surface area contributed by atoms with Gasteiger partial charge in [-0.15, -0.1) is 11.3 Å². The molecule has 0 bridgehead atoms. The van der Waals surface area contributed by atoms with Crippen molar-refractivity contribution in [1.29, 1.82) is 0 Å². The number of aromatic nitrogens is 1. The van der Waals surface area contributed by atoms with Crippen molar-refractivity contribution < 1.29 is 0 Å². The Hall–Kier alpha value is -1.23. The number of nitrogens with two attached hydrogens (primary N) is 1. The normalized spacial score (nSPS) is 12.9. The summed E-state index contributed by atoms with van der Waals surface area (Å²) in [4.78, 5) is 4.31. The van der Waals surface area contributed by atoms with Crippen molar-refractivity contribution in [3.05, 3.63) is 52.0 Å². The van der Waals surface area contributed by atoms with E-state index in [0.29, 0.717) is 5.92 Å². The topological polar surface area (TPSA) is 50.9 Å². The molecule has 0 amide bonds. The number of hydrogen-bond donors (Lipinski definition) is 2. The third-order valence-electron chi connectivity index (χ3n) is 3.10. The van der Waals surface area contributed by atoms with Gasteiger partial charge in [0.15, 0.2) is 0 Å². The fourth-order valence-corrected chi connectivity index (χ4v) is 2.53. The predicted octanol–water partition coefficient (Wildman–Crippen LogP) is 3.01. The fraction of sp³-hybridized carbons (Fsp3) is 0.357. The summed E-state index contributed by atoms with van der Waals surface area (Å²) < 4.78 is 0. The highest BCUT2D eigenvalue weighted by molar-refractivity contribution is 7.07. The first kappa shape index (κ1) is 13.2. The summed E-state index contributed by atoms with van der Waals surface area (Å²) in [5.41, 5.74) is 8.32. The van der Waals surface area contributed by atoms with E-state index in [1.807, 2.05) is 10.9 Å². The molecular formula is C14H19N3S. The Kier molecular flexibility index (Phi) is 4.47. The Balaban J connectivity index is 2.08. The molecule has 1 aromatic carbocycles. The Morgan fingerprint density at radius 1 is 1.28 bits per heavy atom. The molecule has 3 nitrogen and oxygen atoms in total. The summed E-state index contributed by atoms with van der Waals surface area (Å²) in [6, 6.07) is 8.81. The van der Waals surface area contributed by atoms with Gasteiger partial charge in [0.05, 0.1) is 17.2 Å². The summed E-state index contributed by atoms with van der Waals surface area (Å²) >= 11 is 1.59. The van der Waals surface area contributed by atoms with Crippen LogP contribution >= 0.6 is 11.3 Å². The van der Waals surface area contributed by atoms with Gasteiger partial charge in [-0.05, 0) is 23.5 Å². The van der Waals surface area contributed by atoms with Crippen LogP contribution in [0.3, 0.4) is 0 Å². The largest absolute Gasteiger partial charge is 0.271 e. The van der Waals surface area contributed by atoms with E-state index in [9.17, 15) is 0 Å². The molecule has 0 saturated heterocycles. The number of nitrogens with one attached hydrogen (secondary N) is 1. The monoisotopic (exact) mass is 261 g/mol. The molecule has 3 N–H and O–H groups in total. The van der Waals surface area contributed by atoms with Gasteiger partial charge < -0.3 is 0 Å². The lowest BCUT2D eigenvalue weighted by Gasteiger charge is -2.14. The maximum absolute atomic E-state index is 5.60. The van der Waals surface area contributed by atoms with Crippen molar-refractivity contribution in [2.45, 2.75) is 32.2 Å². The molecule has 1 atom stereocenters. The highest BCUT2D eigenvalue weighted by Gasteiger charge is 2.12. The van der Waals surface area contributed by atoms with Crippen LogP contribution in [0.5, 0.6) is 0 Å². The molecule has 96 valence electrons. The zero-order valence-electron chi connectivity index (χ0n) is 10.8. The summed E-state index contributed by atoms with van der Waals surface area (Å²) in [5, 5.41) is 2.03. The van der Waals surface area contributed by atoms with Crippen molar-refractivity contribution in [3.63, 3.8) is 0 Å². The maximum atomic E-state index is 5.60. The van der Waals surface area contributed by atoms with Gasteiger partial charge in [0.25, 0.3) is 0 Å². The van der Waals surface area contributed by atoms with E-state index in [-0.39, 0.29) is 6.04 Å². The smallest absolute Gasteiger partial charge is 0.0795 e. The number of hydrogen-bond acceptors (Lipinski definition) is 4. The van der Waals surface area contributed by atoms with Crippen LogP contribution in [-0.2, 0) is 6.42 Å². The first-order chi connectivity index (χ1) is 8.70. The zero-order chi connectivity index (χ0) is 13.0. The van der Waals surface area contributed by atoms with Gasteiger partial charge >= 0.3 is 0 Å². The van der Waals surface area contributed by atoms with Crippen LogP contribution < -0.4 is 11.3 Å². The molecule has 0 aliphatic rings. The number of benzene rings is 1. The lowest BCUT2D eigenvalue weighted by molar-refractivity contribution is 0.541. The van der Waals surface area contributed by atoms with Gasteiger partial charge in [-0.2, -0.15) is 0 Å². The summed E-state index contributed by atoms with van der Waals surface area (Å²) in [5.74, 6) is 6.17. The molecule has 0 saturated carbocycles. The third-order valence-corrected chi connectivity index (χ3v) is 3.70. The fourth-order valence-electron chi connectivity index (χ4n) is 1.92. The quantitative estimate of drug-likeness (QED) is 0.642. The molecule has 2 rings (SSSR count). The molecule has 0 spiro atoms. The van der Waals surface area contributed by atoms with E-state index >= 15 is 0 Å². The number of thiazole rings is 1. The van der Waals surface area contributed by atoms with Gasteiger partial charge in [-0.1, -0.05) is 38.1 Å². The number of nitrogens with zero attached hydrogens (tertiary/aromatic N) is 1. The number of hydrazine groups is 1. The molecule has 1 aromatic heterocycles. The molecule has 2 aromatic rings. The molecule has 0 aliphatic carbocycles. The van der Waals surface area contributed by atoms with E-state index in [1.165, 1.54) is 11.1 Å². The van der Waals surface area contributed by atoms with E-state index in [4.69, 9.17) is 5.84 Å². The second kappa shape index (κ2) is 6.09. The van der Waals surface area contributed by atoms with Crippen LogP contribution in [0.1, 0.15) is 42.6 Å². The minimum Gasteiger partial charge on any atom is -0.271 e. The predicted molar refractivity (Wildman–Crippen MR) is 76.4 cm³/mol. The van der Waals surface area contributed by atoms with Gasteiger partial charge in [-0.25, -0.2) is 4.98 Å². The van der Waals surface area contributed by atoms with Crippen molar-refractivity contribution in [2.75, 3.05) is 0 Å². The average Bonchev–Trinajstić information content (AvgIpc) is 2.90. The van der Waals surface area contributed by atoms with Crippen molar-refractivity contribution >= 4 is 11.3 Å². The van der Waals surface area contributed by atoms with E-state index < -0.39 is 0 Å². The van der Waals surface area contributed by atoms with Crippen LogP contribution in [0.2, 0.25) is 0 Å². The molecule has 18 heavy (non-hydrogen) atoms. The molecule has 0 fully saturated rings. The highest BCUT2D eigenvalue weighted by atomic mass is 32.1. The average molecular weight is 261 g/mol. The zero-order valence-corrected chi connectivity index (χ0v) is 11.6. The Bertz CT molecular complexity index is 462. The van der Waals surface area contributed by atoms with E-state index in [2.05, 4.69) is 48.5 Å². The maximum Gasteiger partial charge on any atom is 0.0795 e. The molecule has 0 aliphatic heterocycles. The van der Waals surface area contributed by atoms with Gasteiger partial charge in [0.1, 0.15) is 0 Å². The van der Waals surface area contributed by atoms with Crippen LogP contribution in [-0.4, -0.2) is 4.98 Å². The molecule has 1 heterocycles. The van der Waals surface area contributed by atoms with Crippen LogP contribution in [0, 0.1) is 0 Å². The molecule has 1 unspecified atom stereocenters. The van der Waals surface area contributed by atoms with Crippen molar-refractivity contribution in [1.82, 2.24) is 10.4 Å². The highest BCUT2D eigenvalue weighted by Crippen LogP contribution is 2.20. The lowest BCUT2D eigenvalue weighted by Crippen LogP contribution is -2.29. The number of rotatable bonds is 5. The van der Waals surface area contributed by atoms with Crippen molar-refractivity contribution in [3.8, 4) is 0 Å². The third kappa shape index (κ3) is 3.16. The van der Waals surface area contributed by atoms with Crippen LogP contribution in [0.15, 0.2) is 35.2 Å². The first-order valence-electron chi connectivity index (χ1n) is 6.13. The van der Waals surface area contributed by atoms with E-state index in [1.54, 1.807) is 11.3 Å². The molecule has 0 radical (unpaired) electrons. The Labute approximate surface area is 112 Å². The van der Waals surface area contributed by atoms with E-state index in [0.717, 1.165) is 12.1 Å². The second-order valence-corrected chi connectivity index (χ2v) is 5.45. The lowest BCUT2D eigenvalue weighted by atomic mass is 9.98. The second-order valence-electron chi connectivity index (χ2n) is 4.73. The Morgan fingerprint density at radius 3 is 2.50 bits per heavy atom.